The van der Waals surface area contributed by atoms with E-state index < -0.39 is 0 Å². The molecule has 0 aliphatic carbocycles. The van der Waals surface area contributed by atoms with Gasteiger partial charge in [-0.1, -0.05) is 12.1 Å². The third-order valence-corrected chi connectivity index (χ3v) is 6.95. The average molecular weight is 445 g/mol. The Morgan fingerprint density at radius 1 is 1.21 bits per heavy atom. The minimum Gasteiger partial charge on any atom is -0.494 e. The molecule has 1 amide bonds. The molecule has 2 aromatic heterocycles. The van der Waals surface area contributed by atoms with Crippen molar-refractivity contribution in [1.29, 1.82) is 0 Å². The Labute approximate surface area is 191 Å². The molecule has 0 radical (unpaired) electrons. The van der Waals surface area contributed by atoms with E-state index in [-0.39, 0.29) is 11.9 Å². The lowest BCUT2D eigenvalue weighted by molar-refractivity contribution is 0.0708. The molecule has 4 aromatic rings. The molecular formula is C25H28N6O2. The Morgan fingerprint density at radius 2 is 2.09 bits per heavy atom. The number of aromatic nitrogens is 3. The number of benzene rings is 2. The normalized spacial score (nSPS) is 18.0. The highest BCUT2D eigenvalue weighted by atomic mass is 16.5. The zero-order valence-corrected chi connectivity index (χ0v) is 19.0. The maximum atomic E-state index is 13.3. The van der Waals surface area contributed by atoms with Gasteiger partial charge in [0.1, 0.15) is 11.3 Å². The Morgan fingerprint density at radius 3 is 2.91 bits per heavy atom. The van der Waals surface area contributed by atoms with Crippen LogP contribution >= 0.6 is 0 Å². The van der Waals surface area contributed by atoms with Crippen molar-refractivity contribution in [1.82, 2.24) is 19.0 Å². The van der Waals surface area contributed by atoms with Crippen LogP contribution in [0.1, 0.15) is 23.2 Å². The number of nitrogens with one attached hydrogen (secondary N) is 1. The maximum Gasteiger partial charge on any atom is 0.254 e. The van der Waals surface area contributed by atoms with Gasteiger partial charge in [0, 0.05) is 50.2 Å². The largest absolute Gasteiger partial charge is 0.494 e. The van der Waals surface area contributed by atoms with E-state index in [0.717, 1.165) is 60.7 Å². The van der Waals surface area contributed by atoms with Crippen LogP contribution in [0.4, 0.5) is 5.69 Å². The number of para-hydroxylation sites is 1. The Bertz CT molecular complexity index is 1400. The standard InChI is InChI=1S/C25H28N6O2/c1-29-23-19(11-16(13-21(23)33-2)25(32)30-9-4-6-17(26)14-30)28-24(29)20-12-15-5-3-7-18-22(15)31(20)10-8-27-18/h3,5,7,11-13,17,27H,4,6,8-10,14,26H2,1-2H3/t17-/m1/s1. The summed E-state index contributed by atoms with van der Waals surface area (Å²) in [5, 5.41) is 4.67. The van der Waals surface area contributed by atoms with Crippen molar-refractivity contribution in [3.63, 3.8) is 0 Å². The van der Waals surface area contributed by atoms with Crippen molar-refractivity contribution in [3.05, 3.63) is 42.0 Å². The van der Waals surface area contributed by atoms with Crippen molar-refractivity contribution in [3.8, 4) is 17.3 Å². The molecule has 170 valence electrons. The minimum absolute atomic E-state index is 0.0169. The van der Waals surface area contributed by atoms with E-state index >= 15 is 0 Å². The molecule has 2 aliphatic heterocycles. The molecule has 8 nitrogen and oxygen atoms in total. The van der Waals surface area contributed by atoms with Crippen LogP contribution in [-0.4, -0.2) is 57.7 Å². The van der Waals surface area contributed by atoms with Gasteiger partial charge in [0.25, 0.3) is 5.91 Å². The Kier molecular flexibility index (Phi) is 4.58. The second kappa shape index (κ2) is 7.52. The lowest BCUT2D eigenvalue weighted by Crippen LogP contribution is -2.45. The molecule has 3 N–H and O–H groups in total. The van der Waals surface area contributed by atoms with E-state index in [0.29, 0.717) is 17.9 Å². The summed E-state index contributed by atoms with van der Waals surface area (Å²) in [5.41, 5.74) is 11.7. The van der Waals surface area contributed by atoms with E-state index in [9.17, 15) is 4.79 Å². The monoisotopic (exact) mass is 444 g/mol. The number of nitrogens with two attached hydrogens (primary N) is 1. The fourth-order valence-electron chi connectivity index (χ4n) is 5.38. The quantitative estimate of drug-likeness (QED) is 0.507. The van der Waals surface area contributed by atoms with Crippen LogP contribution < -0.4 is 15.8 Å². The summed E-state index contributed by atoms with van der Waals surface area (Å²) < 4.78 is 10.1. The van der Waals surface area contributed by atoms with Crippen molar-refractivity contribution in [2.75, 3.05) is 32.1 Å². The van der Waals surface area contributed by atoms with Crippen LogP contribution in [0, 0.1) is 0 Å². The number of methoxy groups -OCH3 is 1. The number of piperidine rings is 1. The van der Waals surface area contributed by atoms with Crippen LogP contribution in [0.3, 0.4) is 0 Å². The molecule has 1 fully saturated rings. The molecule has 2 aromatic carbocycles. The first kappa shape index (κ1) is 20.1. The zero-order chi connectivity index (χ0) is 22.7. The number of anilines is 1. The number of imidazole rings is 1. The predicted octanol–water partition coefficient (Wildman–Crippen LogP) is 3.19. The molecule has 0 unspecified atom stereocenters. The van der Waals surface area contributed by atoms with Crippen molar-refractivity contribution in [2.45, 2.75) is 25.4 Å². The molecule has 33 heavy (non-hydrogen) atoms. The van der Waals surface area contributed by atoms with E-state index in [1.807, 2.05) is 24.1 Å². The van der Waals surface area contributed by atoms with Gasteiger partial charge in [-0.3, -0.25) is 4.79 Å². The van der Waals surface area contributed by atoms with E-state index in [2.05, 4.69) is 38.7 Å². The first-order chi connectivity index (χ1) is 16.0. The number of carbonyl (C=O) groups is 1. The summed E-state index contributed by atoms with van der Waals surface area (Å²) in [6.45, 7) is 3.06. The number of fused-ring (bicyclic) bond motifs is 1. The van der Waals surface area contributed by atoms with Gasteiger partial charge in [0.2, 0.25) is 0 Å². The van der Waals surface area contributed by atoms with Gasteiger partial charge in [-0.2, -0.15) is 0 Å². The average Bonchev–Trinajstić information content (AvgIpc) is 3.37. The zero-order valence-electron chi connectivity index (χ0n) is 19.0. The summed E-state index contributed by atoms with van der Waals surface area (Å²) in [6.07, 6.45) is 1.89. The first-order valence-corrected chi connectivity index (χ1v) is 11.5. The van der Waals surface area contributed by atoms with Crippen LogP contribution in [0.2, 0.25) is 0 Å². The van der Waals surface area contributed by atoms with E-state index in [1.165, 1.54) is 10.9 Å². The molecule has 0 bridgehead atoms. The van der Waals surface area contributed by atoms with Gasteiger partial charge < -0.3 is 29.8 Å². The minimum atomic E-state index is -0.0169. The number of nitrogens with zero attached hydrogens (tertiary/aromatic N) is 4. The Balaban J connectivity index is 1.49. The number of aryl methyl sites for hydroxylation is 1. The highest BCUT2D eigenvalue weighted by molar-refractivity contribution is 6.01. The topological polar surface area (TPSA) is 90.3 Å². The van der Waals surface area contributed by atoms with E-state index in [1.54, 1.807) is 7.11 Å². The van der Waals surface area contributed by atoms with Crippen molar-refractivity contribution >= 4 is 33.5 Å². The second-order valence-corrected chi connectivity index (χ2v) is 9.05. The van der Waals surface area contributed by atoms with Crippen LogP contribution in [0.15, 0.2) is 36.4 Å². The van der Waals surface area contributed by atoms with Crippen LogP contribution in [0.25, 0.3) is 33.5 Å². The Hall–Kier alpha value is -3.52. The summed E-state index contributed by atoms with van der Waals surface area (Å²) in [7, 11) is 3.64. The highest BCUT2D eigenvalue weighted by Crippen LogP contribution is 2.37. The predicted molar refractivity (Wildman–Crippen MR) is 130 cm³/mol. The lowest BCUT2D eigenvalue weighted by atomic mass is 10.0. The van der Waals surface area contributed by atoms with Crippen LogP contribution in [-0.2, 0) is 13.6 Å². The van der Waals surface area contributed by atoms with Gasteiger partial charge in [-0.15, -0.1) is 0 Å². The molecule has 4 heterocycles. The van der Waals surface area contributed by atoms with Crippen LogP contribution in [0.5, 0.6) is 5.75 Å². The number of rotatable bonds is 3. The summed E-state index contributed by atoms with van der Waals surface area (Å²) in [4.78, 5) is 20.1. The van der Waals surface area contributed by atoms with Gasteiger partial charge in [-0.25, -0.2) is 4.98 Å². The second-order valence-electron chi connectivity index (χ2n) is 9.05. The number of likely N-dealkylation sites (tertiary alicyclic amines) is 1. The molecule has 1 saturated heterocycles. The third kappa shape index (κ3) is 3.08. The number of hydrogen-bond donors (Lipinski definition) is 2. The lowest BCUT2D eigenvalue weighted by Gasteiger charge is -2.30. The summed E-state index contributed by atoms with van der Waals surface area (Å²) in [5.74, 6) is 1.49. The number of carbonyl (C=O) groups excluding carboxylic acids is 1. The highest BCUT2D eigenvalue weighted by Gasteiger charge is 2.26. The van der Waals surface area contributed by atoms with Crippen molar-refractivity contribution in [2.24, 2.45) is 12.8 Å². The molecule has 8 heteroatoms. The summed E-state index contributed by atoms with van der Waals surface area (Å²) >= 11 is 0. The third-order valence-electron chi connectivity index (χ3n) is 6.95. The van der Waals surface area contributed by atoms with Gasteiger partial charge >= 0.3 is 0 Å². The van der Waals surface area contributed by atoms with Gasteiger partial charge in [-0.05, 0) is 37.1 Å². The van der Waals surface area contributed by atoms with Crippen molar-refractivity contribution < 1.29 is 9.53 Å². The van der Waals surface area contributed by atoms with Gasteiger partial charge in [0.15, 0.2) is 5.82 Å². The summed E-state index contributed by atoms with van der Waals surface area (Å²) in [6, 6.07) is 12.3. The molecule has 1 atom stereocenters. The smallest absolute Gasteiger partial charge is 0.254 e. The molecule has 0 spiro atoms. The fraction of sp³-hybridized carbons (Fsp3) is 0.360. The molecular weight excluding hydrogens is 416 g/mol. The number of ether oxygens (including phenoxy) is 1. The molecule has 2 aliphatic rings. The van der Waals surface area contributed by atoms with Gasteiger partial charge in [0.05, 0.1) is 29.5 Å². The molecule has 0 saturated carbocycles. The number of amides is 1. The SMILES string of the molecule is COc1cc(C(=O)N2CCC[C@@H](N)C2)cc2nc(-c3cc4cccc5c4n3CCN5)n(C)c12. The first-order valence-electron chi connectivity index (χ1n) is 11.5. The molecule has 6 rings (SSSR count). The maximum absolute atomic E-state index is 13.3. The van der Waals surface area contributed by atoms with E-state index in [4.69, 9.17) is 15.5 Å². The number of hydrogen-bond acceptors (Lipinski definition) is 5. The fourth-order valence-corrected chi connectivity index (χ4v) is 5.38.